The van der Waals surface area contributed by atoms with Crippen molar-refractivity contribution >= 4 is 5.91 Å². The summed E-state index contributed by atoms with van der Waals surface area (Å²) in [6.07, 6.45) is 6.37. The predicted molar refractivity (Wildman–Crippen MR) is 83.3 cm³/mol. The van der Waals surface area contributed by atoms with Gasteiger partial charge in [-0.05, 0) is 36.5 Å². The van der Waals surface area contributed by atoms with E-state index in [2.05, 4.69) is 31.2 Å². The van der Waals surface area contributed by atoms with Crippen molar-refractivity contribution in [3.05, 3.63) is 42.0 Å². The molecule has 1 aliphatic carbocycles. The van der Waals surface area contributed by atoms with Crippen molar-refractivity contribution in [3.8, 4) is 5.75 Å². The molecule has 1 saturated heterocycles. The minimum atomic E-state index is -0.0771. The van der Waals surface area contributed by atoms with Gasteiger partial charge in [-0.2, -0.15) is 0 Å². The number of carbonyl (C=O) groups is 1. The number of fused-ring (bicyclic) bond motifs is 1. The van der Waals surface area contributed by atoms with E-state index in [0.717, 1.165) is 25.1 Å². The van der Waals surface area contributed by atoms with Gasteiger partial charge in [-0.25, -0.2) is 0 Å². The molecule has 0 radical (unpaired) electrons. The first-order valence-electron chi connectivity index (χ1n) is 7.64. The molecular weight excluding hydrogens is 262 g/mol. The molecule has 3 rings (SSSR count). The summed E-state index contributed by atoms with van der Waals surface area (Å²) in [6.45, 7) is 3.06. The maximum atomic E-state index is 12.6. The average Bonchev–Trinajstić information content (AvgIpc) is 2.51. The topological polar surface area (TPSA) is 29.5 Å². The van der Waals surface area contributed by atoms with Gasteiger partial charge in [0.25, 0.3) is 0 Å². The van der Waals surface area contributed by atoms with E-state index in [4.69, 9.17) is 4.74 Å². The molecule has 1 aliphatic heterocycles. The maximum Gasteiger partial charge on any atom is 0.230 e. The van der Waals surface area contributed by atoms with Crippen LogP contribution in [0.3, 0.4) is 0 Å². The Bertz CT molecular complexity index is 580. The van der Waals surface area contributed by atoms with Gasteiger partial charge in [-0.15, -0.1) is 0 Å². The second kappa shape index (κ2) is 5.21. The van der Waals surface area contributed by atoms with E-state index in [9.17, 15) is 4.79 Å². The minimum absolute atomic E-state index is 0.0421. The smallest absolute Gasteiger partial charge is 0.230 e. The lowest BCUT2D eigenvalue weighted by molar-refractivity contribution is -0.139. The number of amides is 1. The molecule has 0 saturated carbocycles. The van der Waals surface area contributed by atoms with Gasteiger partial charge in [0.1, 0.15) is 5.75 Å². The molecule has 0 spiro atoms. The maximum absolute atomic E-state index is 12.6. The Morgan fingerprint density at radius 1 is 1.33 bits per heavy atom. The lowest BCUT2D eigenvalue weighted by Gasteiger charge is -2.48. The molecule has 3 atom stereocenters. The zero-order valence-electron chi connectivity index (χ0n) is 13.0. The summed E-state index contributed by atoms with van der Waals surface area (Å²) in [6, 6.07) is 8.26. The van der Waals surface area contributed by atoms with Crippen molar-refractivity contribution in [1.82, 2.24) is 4.90 Å². The lowest BCUT2D eigenvalue weighted by Crippen LogP contribution is -2.53. The first-order chi connectivity index (χ1) is 10.1. The van der Waals surface area contributed by atoms with Gasteiger partial charge in [0.05, 0.1) is 13.0 Å². The van der Waals surface area contributed by atoms with Crippen LogP contribution in [-0.4, -0.2) is 31.5 Å². The lowest BCUT2D eigenvalue weighted by atomic mass is 9.59. The Morgan fingerprint density at radius 3 is 2.90 bits per heavy atom. The first-order valence-corrected chi connectivity index (χ1v) is 7.64. The van der Waals surface area contributed by atoms with E-state index in [0.29, 0.717) is 5.92 Å². The van der Waals surface area contributed by atoms with Gasteiger partial charge in [0, 0.05) is 19.0 Å². The normalized spacial score (nSPS) is 32.0. The van der Waals surface area contributed by atoms with Gasteiger partial charge in [-0.3, -0.25) is 4.79 Å². The standard InChI is InChI=1S/C18H23NO2/c1-13-7-8-16-17(20)19(2)10-9-18(16,12-13)14-5-4-6-15(11-14)21-3/h4-8,11,13,16H,9-10,12H2,1-3H3/t13-,16-,18+/m0/s1. The fraction of sp³-hybridized carbons (Fsp3) is 0.500. The zero-order valence-corrected chi connectivity index (χ0v) is 13.0. The molecule has 3 heteroatoms. The third-order valence-electron chi connectivity index (χ3n) is 5.09. The third kappa shape index (κ3) is 2.25. The Hall–Kier alpha value is -1.77. The number of nitrogens with zero attached hydrogens (tertiary/aromatic N) is 1. The highest BCUT2D eigenvalue weighted by Crippen LogP contribution is 2.48. The second-order valence-electron chi connectivity index (χ2n) is 6.44. The summed E-state index contributed by atoms with van der Waals surface area (Å²) >= 11 is 0. The number of hydrogen-bond acceptors (Lipinski definition) is 2. The number of allylic oxidation sites excluding steroid dienone is 1. The molecule has 3 nitrogen and oxygen atoms in total. The molecule has 0 N–H and O–H groups in total. The van der Waals surface area contributed by atoms with Crippen LogP contribution in [0.5, 0.6) is 5.75 Å². The molecule has 0 aromatic heterocycles. The molecule has 1 fully saturated rings. The summed E-state index contributed by atoms with van der Waals surface area (Å²) in [5.74, 6) is 1.57. The summed E-state index contributed by atoms with van der Waals surface area (Å²) in [7, 11) is 3.60. The fourth-order valence-electron chi connectivity index (χ4n) is 3.92. The van der Waals surface area contributed by atoms with E-state index in [1.165, 1.54) is 5.56 Å². The number of hydrogen-bond donors (Lipinski definition) is 0. The van der Waals surface area contributed by atoms with E-state index in [1.54, 1.807) is 7.11 Å². The minimum Gasteiger partial charge on any atom is -0.497 e. The van der Waals surface area contributed by atoms with Crippen LogP contribution in [0.25, 0.3) is 0 Å². The fourth-order valence-corrected chi connectivity index (χ4v) is 3.92. The van der Waals surface area contributed by atoms with Crippen LogP contribution < -0.4 is 4.74 Å². The molecular formula is C18H23NO2. The quantitative estimate of drug-likeness (QED) is 0.782. The van der Waals surface area contributed by atoms with Crippen LogP contribution in [0.2, 0.25) is 0 Å². The Kier molecular flexibility index (Phi) is 3.52. The van der Waals surface area contributed by atoms with Crippen LogP contribution in [0.1, 0.15) is 25.3 Å². The number of ether oxygens (including phenoxy) is 1. The Labute approximate surface area is 126 Å². The average molecular weight is 285 g/mol. The molecule has 21 heavy (non-hydrogen) atoms. The van der Waals surface area contributed by atoms with Crippen molar-refractivity contribution < 1.29 is 9.53 Å². The number of benzene rings is 1. The highest BCUT2D eigenvalue weighted by molar-refractivity contribution is 5.83. The van der Waals surface area contributed by atoms with E-state index in [-0.39, 0.29) is 17.2 Å². The third-order valence-corrected chi connectivity index (χ3v) is 5.09. The summed E-state index contributed by atoms with van der Waals surface area (Å²) < 4.78 is 5.38. The van der Waals surface area contributed by atoms with Gasteiger partial charge >= 0.3 is 0 Å². The number of carbonyl (C=O) groups excluding carboxylic acids is 1. The van der Waals surface area contributed by atoms with Gasteiger partial charge in [0.2, 0.25) is 5.91 Å². The zero-order chi connectivity index (χ0) is 15.0. The van der Waals surface area contributed by atoms with Crippen LogP contribution in [0.15, 0.2) is 36.4 Å². The van der Waals surface area contributed by atoms with Crippen molar-refractivity contribution in [2.75, 3.05) is 20.7 Å². The van der Waals surface area contributed by atoms with Gasteiger partial charge in [-0.1, -0.05) is 31.2 Å². The Morgan fingerprint density at radius 2 is 2.14 bits per heavy atom. The molecule has 1 amide bonds. The molecule has 2 aliphatic rings. The first kappa shape index (κ1) is 14.2. The van der Waals surface area contributed by atoms with Crippen molar-refractivity contribution in [1.29, 1.82) is 0 Å². The van der Waals surface area contributed by atoms with Crippen molar-refractivity contribution in [3.63, 3.8) is 0 Å². The van der Waals surface area contributed by atoms with Crippen LogP contribution >= 0.6 is 0 Å². The summed E-state index contributed by atoms with van der Waals surface area (Å²) in [5, 5.41) is 0. The molecule has 1 aromatic rings. The van der Waals surface area contributed by atoms with E-state index >= 15 is 0 Å². The van der Waals surface area contributed by atoms with Gasteiger partial charge in [0.15, 0.2) is 0 Å². The number of likely N-dealkylation sites (tertiary alicyclic amines) is 1. The van der Waals surface area contributed by atoms with Crippen molar-refractivity contribution in [2.24, 2.45) is 11.8 Å². The highest BCUT2D eigenvalue weighted by Gasteiger charge is 2.49. The van der Waals surface area contributed by atoms with Crippen LogP contribution in [-0.2, 0) is 10.2 Å². The van der Waals surface area contributed by atoms with Crippen LogP contribution in [0.4, 0.5) is 0 Å². The van der Waals surface area contributed by atoms with Gasteiger partial charge < -0.3 is 9.64 Å². The summed E-state index contributed by atoms with van der Waals surface area (Å²) in [4.78, 5) is 14.5. The SMILES string of the molecule is COc1cccc([C@]23CCN(C)C(=O)[C@@H]2C=C[C@H](C)C3)c1. The predicted octanol–water partition coefficient (Wildman–Crippen LogP) is 3.01. The Balaban J connectivity index is 2.09. The van der Waals surface area contributed by atoms with Crippen molar-refractivity contribution in [2.45, 2.75) is 25.2 Å². The molecule has 1 aromatic carbocycles. The largest absolute Gasteiger partial charge is 0.497 e. The molecule has 0 bridgehead atoms. The molecule has 112 valence electrons. The van der Waals surface area contributed by atoms with E-state index in [1.807, 2.05) is 24.1 Å². The second-order valence-corrected chi connectivity index (χ2v) is 6.44. The number of rotatable bonds is 2. The van der Waals surface area contributed by atoms with E-state index < -0.39 is 0 Å². The number of piperidine rings is 1. The summed E-state index contributed by atoms with van der Waals surface area (Å²) in [5.41, 5.74) is 1.16. The number of methoxy groups -OCH3 is 1. The van der Waals surface area contributed by atoms with Crippen LogP contribution in [0, 0.1) is 11.8 Å². The molecule has 0 unspecified atom stereocenters. The molecule has 1 heterocycles. The highest BCUT2D eigenvalue weighted by atomic mass is 16.5. The monoisotopic (exact) mass is 285 g/mol.